The molecule has 23 heavy (non-hydrogen) atoms. The zero-order chi connectivity index (χ0) is 16.7. The van der Waals surface area contributed by atoms with Crippen molar-refractivity contribution < 1.29 is 14.3 Å². The zero-order valence-corrected chi connectivity index (χ0v) is 14.2. The first-order valence-electron chi connectivity index (χ1n) is 7.67. The molecule has 5 heteroatoms. The van der Waals surface area contributed by atoms with Crippen LogP contribution in [-0.4, -0.2) is 18.5 Å². The molecule has 1 N–H and O–H groups in total. The Kier molecular flexibility index (Phi) is 6.35. The number of thiophene rings is 1. The lowest BCUT2D eigenvalue weighted by atomic mass is 9.97. The number of rotatable bonds is 7. The van der Waals surface area contributed by atoms with Gasteiger partial charge >= 0.3 is 5.97 Å². The van der Waals surface area contributed by atoms with Gasteiger partial charge in [-0.05, 0) is 35.4 Å². The van der Waals surface area contributed by atoms with Crippen LogP contribution in [0.25, 0.3) is 0 Å². The van der Waals surface area contributed by atoms with E-state index in [-0.39, 0.29) is 18.9 Å². The van der Waals surface area contributed by atoms with Crippen molar-refractivity contribution in [1.82, 2.24) is 0 Å². The topological polar surface area (TPSA) is 55.4 Å². The van der Waals surface area contributed by atoms with Gasteiger partial charge < -0.3 is 10.1 Å². The van der Waals surface area contributed by atoms with Gasteiger partial charge in [0.1, 0.15) is 0 Å². The average Bonchev–Trinajstić information content (AvgIpc) is 3.05. The van der Waals surface area contributed by atoms with E-state index in [1.165, 1.54) is 11.3 Å². The summed E-state index contributed by atoms with van der Waals surface area (Å²) >= 11 is 1.49. The largest absolute Gasteiger partial charge is 0.455 e. The number of ether oxygens (including phenoxy) is 1. The molecule has 0 unspecified atom stereocenters. The maximum Gasteiger partial charge on any atom is 0.311 e. The summed E-state index contributed by atoms with van der Waals surface area (Å²) in [5, 5.41) is 4.73. The lowest BCUT2D eigenvalue weighted by molar-refractivity contribution is -0.146. The minimum absolute atomic E-state index is 0.203. The second-order valence-electron chi connectivity index (χ2n) is 5.36. The average molecular weight is 331 g/mol. The van der Waals surface area contributed by atoms with E-state index >= 15 is 0 Å². The monoisotopic (exact) mass is 331 g/mol. The Balaban J connectivity index is 1.86. The number of hydrogen-bond acceptors (Lipinski definition) is 4. The molecule has 0 fully saturated rings. The number of para-hydroxylation sites is 1. The van der Waals surface area contributed by atoms with Crippen LogP contribution in [0.5, 0.6) is 0 Å². The fraction of sp³-hybridized carbons (Fsp3) is 0.333. The fourth-order valence-corrected chi connectivity index (χ4v) is 2.89. The highest BCUT2D eigenvalue weighted by Crippen LogP contribution is 2.26. The third-order valence-corrected chi connectivity index (χ3v) is 4.52. The number of carbonyl (C=O) groups excluding carboxylic acids is 2. The Labute approximate surface area is 140 Å². The Bertz CT molecular complexity index is 652. The molecule has 0 bridgehead atoms. The van der Waals surface area contributed by atoms with Crippen molar-refractivity contribution in [1.29, 1.82) is 0 Å². The number of amides is 1. The molecule has 0 saturated heterocycles. The molecule has 1 aromatic carbocycles. The zero-order valence-electron chi connectivity index (χ0n) is 13.4. The van der Waals surface area contributed by atoms with Gasteiger partial charge in [-0.3, -0.25) is 9.59 Å². The van der Waals surface area contributed by atoms with E-state index in [1.807, 2.05) is 41.8 Å². The molecule has 0 aliphatic carbocycles. The maximum absolute atomic E-state index is 12.0. The van der Waals surface area contributed by atoms with Crippen LogP contribution < -0.4 is 5.32 Å². The lowest BCUT2D eigenvalue weighted by Gasteiger charge is -2.15. The third-order valence-electron chi connectivity index (χ3n) is 3.64. The van der Waals surface area contributed by atoms with Gasteiger partial charge in [-0.1, -0.05) is 38.1 Å². The summed E-state index contributed by atoms with van der Waals surface area (Å²) in [6.45, 7) is 3.96. The van der Waals surface area contributed by atoms with E-state index in [1.54, 1.807) is 0 Å². The molecule has 1 heterocycles. The number of esters is 1. The summed E-state index contributed by atoms with van der Waals surface area (Å²) in [5.74, 6) is -0.356. The molecular formula is C18H21NO3S. The molecule has 0 aliphatic heterocycles. The summed E-state index contributed by atoms with van der Waals surface area (Å²) in [5.41, 5.74) is 1.87. The van der Waals surface area contributed by atoms with Crippen molar-refractivity contribution in [3.8, 4) is 0 Å². The van der Waals surface area contributed by atoms with E-state index in [4.69, 9.17) is 4.74 Å². The van der Waals surface area contributed by atoms with Gasteiger partial charge in [-0.25, -0.2) is 0 Å². The van der Waals surface area contributed by atoms with E-state index in [0.29, 0.717) is 5.92 Å². The van der Waals surface area contributed by atoms with Gasteiger partial charge in [0.05, 0.1) is 6.42 Å². The van der Waals surface area contributed by atoms with Crippen molar-refractivity contribution in [2.45, 2.75) is 32.6 Å². The van der Waals surface area contributed by atoms with Crippen molar-refractivity contribution >= 4 is 28.9 Å². The summed E-state index contributed by atoms with van der Waals surface area (Å²) in [6.07, 6.45) is 1.19. The second kappa shape index (κ2) is 8.48. The van der Waals surface area contributed by atoms with Crippen LogP contribution >= 0.6 is 11.3 Å². The molecule has 4 nitrogen and oxygen atoms in total. The molecular weight excluding hydrogens is 310 g/mol. The molecule has 0 saturated carbocycles. The van der Waals surface area contributed by atoms with Gasteiger partial charge in [0.15, 0.2) is 6.61 Å². The Morgan fingerprint density at radius 1 is 1.22 bits per heavy atom. The first-order chi connectivity index (χ1) is 11.1. The van der Waals surface area contributed by atoms with Gasteiger partial charge in [0.2, 0.25) is 0 Å². The Morgan fingerprint density at radius 2 is 2.00 bits per heavy atom. The normalized spacial score (nSPS) is 11.7. The Hall–Kier alpha value is -2.14. The molecule has 122 valence electrons. The third kappa shape index (κ3) is 5.21. The van der Waals surface area contributed by atoms with Crippen molar-refractivity contribution in [3.05, 3.63) is 52.2 Å². The summed E-state index contributed by atoms with van der Waals surface area (Å²) in [6, 6.07) is 11.5. The SMILES string of the molecule is CC[C@@H](C)c1ccccc1NC(=O)COC(=O)Cc1cccs1. The fourth-order valence-electron chi connectivity index (χ4n) is 2.20. The van der Waals surface area contributed by atoms with Crippen LogP contribution in [0.1, 0.15) is 36.6 Å². The summed E-state index contributed by atoms with van der Waals surface area (Å²) in [4.78, 5) is 24.6. The molecule has 0 spiro atoms. The molecule has 0 aliphatic rings. The smallest absolute Gasteiger partial charge is 0.311 e. The number of nitrogens with one attached hydrogen (secondary N) is 1. The van der Waals surface area contributed by atoms with Gasteiger partial charge in [0, 0.05) is 10.6 Å². The molecule has 2 rings (SSSR count). The van der Waals surface area contributed by atoms with Crippen molar-refractivity contribution in [3.63, 3.8) is 0 Å². The van der Waals surface area contributed by atoms with Gasteiger partial charge in [-0.15, -0.1) is 11.3 Å². The van der Waals surface area contributed by atoms with E-state index < -0.39 is 5.97 Å². The van der Waals surface area contributed by atoms with Crippen molar-refractivity contribution in [2.24, 2.45) is 0 Å². The highest BCUT2D eigenvalue weighted by Gasteiger charge is 2.13. The van der Waals surface area contributed by atoms with Crippen LogP contribution in [-0.2, 0) is 20.7 Å². The van der Waals surface area contributed by atoms with E-state index in [9.17, 15) is 9.59 Å². The van der Waals surface area contributed by atoms with Crippen LogP contribution in [0.4, 0.5) is 5.69 Å². The standard InChI is InChI=1S/C18H21NO3S/c1-3-13(2)15-8-4-5-9-16(15)19-17(20)12-22-18(21)11-14-7-6-10-23-14/h4-10,13H,3,11-12H2,1-2H3,(H,19,20)/t13-/m1/s1. The van der Waals surface area contributed by atoms with Gasteiger partial charge in [0.25, 0.3) is 5.91 Å². The molecule has 0 radical (unpaired) electrons. The van der Waals surface area contributed by atoms with E-state index in [0.717, 1.165) is 22.5 Å². The van der Waals surface area contributed by atoms with Crippen LogP contribution in [0.2, 0.25) is 0 Å². The minimum Gasteiger partial charge on any atom is -0.455 e. The number of carbonyl (C=O) groups is 2. The predicted octanol–water partition coefficient (Wildman–Crippen LogP) is 3.99. The summed E-state index contributed by atoms with van der Waals surface area (Å²) < 4.78 is 5.03. The molecule has 1 aromatic heterocycles. The first-order valence-corrected chi connectivity index (χ1v) is 8.55. The van der Waals surface area contributed by atoms with Gasteiger partial charge in [-0.2, -0.15) is 0 Å². The molecule has 1 amide bonds. The highest BCUT2D eigenvalue weighted by molar-refractivity contribution is 7.10. The second-order valence-corrected chi connectivity index (χ2v) is 6.39. The predicted molar refractivity (Wildman–Crippen MR) is 92.8 cm³/mol. The lowest BCUT2D eigenvalue weighted by Crippen LogP contribution is -2.22. The minimum atomic E-state index is -0.391. The number of hydrogen-bond donors (Lipinski definition) is 1. The van der Waals surface area contributed by atoms with Crippen LogP contribution in [0, 0.1) is 0 Å². The number of benzene rings is 1. The molecule has 2 aromatic rings. The Morgan fingerprint density at radius 3 is 2.70 bits per heavy atom. The first kappa shape index (κ1) is 17.2. The summed E-state index contributed by atoms with van der Waals surface area (Å²) in [7, 11) is 0. The van der Waals surface area contributed by atoms with Crippen molar-refractivity contribution in [2.75, 3.05) is 11.9 Å². The van der Waals surface area contributed by atoms with E-state index in [2.05, 4.69) is 19.2 Å². The highest BCUT2D eigenvalue weighted by atomic mass is 32.1. The van der Waals surface area contributed by atoms with Crippen LogP contribution in [0.3, 0.4) is 0 Å². The quantitative estimate of drug-likeness (QED) is 0.781. The number of anilines is 1. The van der Waals surface area contributed by atoms with Crippen LogP contribution in [0.15, 0.2) is 41.8 Å². The maximum atomic E-state index is 12.0. The molecule has 1 atom stereocenters.